The molecule has 0 aliphatic heterocycles. The van der Waals surface area contributed by atoms with E-state index in [0.29, 0.717) is 10.6 Å². The SMILES string of the molecule is CN(C)C(=O)[C@@H](OC(=O)c1cc(Cl)ccc1Cl)c1ccccc1. The highest BCUT2D eigenvalue weighted by molar-refractivity contribution is 6.35. The van der Waals surface area contributed by atoms with E-state index < -0.39 is 12.1 Å². The molecule has 2 aromatic rings. The average Bonchev–Trinajstić information content (AvgIpc) is 2.54. The Morgan fingerprint density at radius 3 is 2.30 bits per heavy atom. The number of halogens is 2. The smallest absolute Gasteiger partial charge is 0.340 e. The topological polar surface area (TPSA) is 46.6 Å². The highest BCUT2D eigenvalue weighted by Crippen LogP contribution is 2.25. The summed E-state index contributed by atoms with van der Waals surface area (Å²) in [5.74, 6) is -1.05. The summed E-state index contributed by atoms with van der Waals surface area (Å²) in [6.45, 7) is 0. The number of hydrogen-bond donors (Lipinski definition) is 0. The van der Waals surface area contributed by atoms with Gasteiger partial charge in [0.2, 0.25) is 6.10 Å². The molecule has 0 aromatic heterocycles. The summed E-state index contributed by atoms with van der Waals surface area (Å²) in [5.41, 5.74) is 0.698. The zero-order valence-electron chi connectivity index (χ0n) is 12.6. The number of esters is 1. The van der Waals surface area contributed by atoms with Gasteiger partial charge in [-0.05, 0) is 18.2 Å². The molecule has 120 valence electrons. The Morgan fingerprint density at radius 1 is 1.04 bits per heavy atom. The third kappa shape index (κ3) is 4.24. The van der Waals surface area contributed by atoms with Gasteiger partial charge in [-0.1, -0.05) is 53.5 Å². The number of ether oxygens (including phenoxy) is 1. The van der Waals surface area contributed by atoms with Gasteiger partial charge >= 0.3 is 5.97 Å². The first-order chi connectivity index (χ1) is 10.9. The van der Waals surface area contributed by atoms with E-state index in [1.807, 2.05) is 6.07 Å². The number of likely N-dealkylation sites (N-methyl/N-ethyl adjacent to an activating group) is 1. The van der Waals surface area contributed by atoms with Crippen molar-refractivity contribution in [1.82, 2.24) is 4.90 Å². The van der Waals surface area contributed by atoms with Crippen molar-refractivity contribution < 1.29 is 14.3 Å². The van der Waals surface area contributed by atoms with E-state index in [1.54, 1.807) is 44.4 Å². The average molecular weight is 352 g/mol. The van der Waals surface area contributed by atoms with Crippen molar-refractivity contribution in [3.63, 3.8) is 0 Å². The number of rotatable bonds is 4. The Balaban J connectivity index is 2.32. The first-order valence-corrected chi connectivity index (χ1v) is 7.58. The molecular formula is C17H15Cl2NO3. The van der Waals surface area contributed by atoms with Crippen LogP contribution in [0.5, 0.6) is 0 Å². The van der Waals surface area contributed by atoms with Crippen LogP contribution in [0.1, 0.15) is 22.0 Å². The van der Waals surface area contributed by atoms with Crippen LogP contribution < -0.4 is 0 Å². The van der Waals surface area contributed by atoms with Crippen LogP contribution in [0.4, 0.5) is 0 Å². The van der Waals surface area contributed by atoms with E-state index in [0.717, 1.165) is 0 Å². The predicted molar refractivity (Wildman–Crippen MR) is 89.8 cm³/mol. The quantitative estimate of drug-likeness (QED) is 0.782. The largest absolute Gasteiger partial charge is 0.444 e. The summed E-state index contributed by atoms with van der Waals surface area (Å²) in [6, 6.07) is 13.3. The zero-order valence-corrected chi connectivity index (χ0v) is 14.1. The number of carbonyl (C=O) groups is 2. The molecule has 2 aromatic carbocycles. The van der Waals surface area contributed by atoms with Gasteiger partial charge in [0.25, 0.3) is 5.91 Å². The molecule has 23 heavy (non-hydrogen) atoms. The van der Waals surface area contributed by atoms with Gasteiger partial charge in [-0.2, -0.15) is 0 Å². The van der Waals surface area contributed by atoms with E-state index in [4.69, 9.17) is 27.9 Å². The fourth-order valence-electron chi connectivity index (χ4n) is 1.95. The molecule has 0 bridgehead atoms. The number of carbonyl (C=O) groups excluding carboxylic acids is 2. The number of hydrogen-bond acceptors (Lipinski definition) is 3. The lowest BCUT2D eigenvalue weighted by Gasteiger charge is -2.21. The van der Waals surface area contributed by atoms with Gasteiger partial charge < -0.3 is 9.64 Å². The fourth-order valence-corrected chi connectivity index (χ4v) is 2.31. The maximum absolute atomic E-state index is 12.4. The molecule has 1 amide bonds. The minimum absolute atomic E-state index is 0.117. The molecule has 0 N–H and O–H groups in total. The monoisotopic (exact) mass is 351 g/mol. The summed E-state index contributed by atoms with van der Waals surface area (Å²) in [7, 11) is 3.19. The summed E-state index contributed by atoms with van der Waals surface area (Å²) >= 11 is 11.9. The Kier molecular flexibility index (Phi) is 5.64. The second kappa shape index (κ2) is 7.49. The van der Waals surface area contributed by atoms with Crippen molar-refractivity contribution in [2.24, 2.45) is 0 Å². The number of amides is 1. The Labute approximate surface area is 144 Å². The lowest BCUT2D eigenvalue weighted by atomic mass is 10.1. The summed E-state index contributed by atoms with van der Waals surface area (Å²) < 4.78 is 5.41. The van der Waals surface area contributed by atoms with E-state index in [2.05, 4.69) is 0 Å². The van der Waals surface area contributed by atoms with Gasteiger partial charge in [0, 0.05) is 24.7 Å². The molecule has 0 saturated heterocycles. The number of nitrogens with zero attached hydrogens (tertiary/aromatic N) is 1. The highest BCUT2D eigenvalue weighted by Gasteiger charge is 2.27. The molecule has 0 aliphatic rings. The molecule has 0 radical (unpaired) electrons. The van der Waals surface area contributed by atoms with Crippen LogP contribution in [-0.4, -0.2) is 30.9 Å². The highest BCUT2D eigenvalue weighted by atomic mass is 35.5. The van der Waals surface area contributed by atoms with Crippen LogP contribution in [0.25, 0.3) is 0 Å². The van der Waals surface area contributed by atoms with Crippen molar-refractivity contribution >= 4 is 35.1 Å². The van der Waals surface area contributed by atoms with Gasteiger partial charge in [0.15, 0.2) is 0 Å². The summed E-state index contributed by atoms with van der Waals surface area (Å²) in [5, 5.41) is 0.570. The third-order valence-electron chi connectivity index (χ3n) is 3.14. The lowest BCUT2D eigenvalue weighted by Crippen LogP contribution is -2.31. The van der Waals surface area contributed by atoms with E-state index >= 15 is 0 Å². The number of benzene rings is 2. The van der Waals surface area contributed by atoms with E-state index in [1.165, 1.54) is 17.0 Å². The van der Waals surface area contributed by atoms with E-state index in [9.17, 15) is 9.59 Å². The van der Waals surface area contributed by atoms with Crippen molar-refractivity contribution in [2.75, 3.05) is 14.1 Å². The lowest BCUT2D eigenvalue weighted by molar-refractivity contribution is -0.138. The van der Waals surface area contributed by atoms with Crippen LogP contribution >= 0.6 is 23.2 Å². The maximum Gasteiger partial charge on any atom is 0.340 e. The Bertz CT molecular complexity index is 717. The summed E-state index contributed by atoms with van der Waals surface area (Å²) in [6.07, 6.45) is -1.05. The zero-order chi connectivity index (χ0) is 17.0. The summed E-state index contributed by atoms with van der Waals surface area (Å²) in [4.78, 5) is 26.1. The van der Waals surface area contributed by atoms with Crippen LogP contribution in [0.3, 0.4) is 0 Å². The van der Waals surface area contributed by atoms with Crippen molar-refractivity contribution in [3.05, 3.63) is 69.7 Å². The van der Waals surface area contributed by atoms with Crippen molar-refractivity contribution in [1.29, 1.82) is 0 Å². The second-order valence-corrected chi connectivity index (χ2v) is 5.90. The van der Waals surface area contributed by atoms with Crippen LogP contribution in [0, 0.1) is 0 Å². The molecular weight excluding hydrogens is 337 g/mol. The second-order valence-electron chi connectivity index (χ2n) is 5.05. The maximum atomic E-state index is 12.4. The van der Waals surface area contributed by atoms with Crippen molar-refractivity contribution in [3.8, 4) is 0 Å². The first kappa shape index (κ1) is 17.3. The third-order valence-corrected chi connectivity index (χ3v) is 3.71. The molecule has 0 unspecified atom stereocenters. The standard InChI is InChI=1S/C17H15Cl2NO3/c1-20(2)16(21)15(11-6-4-3-5-7-11)23-17(22)13-10-12(18)8-9-14(13)19/h3-10,15H,1-2H3/t15-/m0/s1. The van der Waals surface area contributed by atoms with Gasteiger partial charge in [-0.25, -0.2) is 4.79 Å². The predicted octanol–water partition coefficient (Wildman–Crippen LogP) is 3.98. The first-order valence-electron chi connectivity index (χ1n) is 6.82. The molecule has 2 rings (SSSR count). The molecule has 4 nitrogen and oxygen atoms in total. The minimum atomic E-state index is -1.05. The van der Waals surface area contributed by atoms with Gasteiger partial charge in [0.05, 0.1) is 10.6 Å². The molecule has 0 fully saturated rings. The van der Waals surface area contributed by atoms with Crippen LogP contribution in [0.2, 0.25) is 10.0 Å². The van der Waals surface area contributed by atoms with Crippen molar-refractivity contribution in [2.45, 2.75) is 6.10 Å². The molecule has 1 atom stereocenters. The van der Waals surface area contributed by atoms with Crippen LogP contribution in [0.15, 0.2) is 48.5 Å². The normalized spacial score (nSPS) is 11.7. The Hall–Kier alpha value is -2.04. The molecule has 0 aliphatic carbocycles. The molecule has 6 heteroatoms. The molecule has 0 saturated carbocycles. The minimum Gasteiger partial charge on any atom is -0.444 e. The van der Waals surface area contributed by atoms with Gasteiger partial charge in [0.1, 0.15) is 0 Å². The van der Waals surface area contributed by atoms with Gasteiger partial charge in [-0.3, -0.25) is 4.79 Å². The van der Waals surface area contributed by atoms with E-state index in [-0.39, 0.29) is 16.5 Å². The Morgan fingerprint density at radius 2 is 1.70 bits per heavy atom. The fraction of sp³-hybridized carbons (Fsp3) is 0.176. The van der Waals surface area contributed by atoms with Crippen LogP contribution in [-0.2, 0) is 9.53 Å². The van der Waals surface area contributed by atoms with Gasteiger partial charge in [-0.15, -0.1) is 0 Å². The molecule has 0 heterocycles. The molecule has 0 spiro atoms.